The number of benzene rings is 1. The Hall–Kier alpha value is 0.380. The molecule has 14 heavy (non-hydrogen) atoms. The van der Waals surface area contributed by atoms with Crippen molar-refractivity contribution >= 4 is 46.4 Å². The van der Waals surface area contributed by atoms with Crippen LogP contribution in [0.25, 0.3) is 0 Å². The van der Waals surface area contributed by atoms with Crippen molar-refractivity contribution in [2.45, 2.75) is 10.8 Å². The fraction of sp³-hybridized carbons (Fsp3) is 0.400. The van der Waals surface area contributed by atoms with Crippen LogP contribution in [-0.2, 0) is 0 Å². The average Bonchev–Trinajstić information content (AvgIpc) is 2.27. The molecule has 0 aromatic heterocycles. The molecular weight excluding hydrogens is 262 g/mol. The summed E-state index contributed by atoms with van der Waals surface area (Å²) in [5.74, 6) is 0.775. The summed E-state index contributed by atoms with van der Waals surface area (Å²) in [5.41, 5.74) is 1.96. The van der Waals surface area contributed by atoms with E-state index in [0.29, 0.717) is 11.8 Å². The van der Waals surface area contributed by atoms with Crippen LogP contribution in [0.15, 0.2) is 24.3 Å². The Kier molecular flexibility index (Phi) is 5.40. The minimum absolute atomic E-state index is 0.171. The summed E-state index contributed by atoms with van der Waals surface area (Å²) in [6.45, 7) is 0. The highest BCUT2D eigenvalue weighted by molar-refractivity contribution is 6.28. The zero-order valence-electron chi connectivity index (χ0n) is 7.39. The molecule has 0 saturated heterocycles. The van der Waals surface area contributed by atoms with Gasteiger partial charge in [-0.15, -0.1) is 46.4 Å². The molecule has 1 rings (SSSR count). The summed E-state index contributed by atoms with van der Waals surface area (Å²) in [7, 11) is 0. The van der Waals surface area contributed by atoms with Crippen molar-refractivity contribution in [3.63, 3.8) is 0 Å². The minimum Gasteiger partial charge on any atom is -0.125 e. The van der Waals surface area contributed by atoms with Gasteiger partial charge in [-0.05, 0) is 11.1 Å². The van der Waals surface area contributed by atoms with Crippen molar-refractivity contribution in [2.75, 3.05) is 11.8 Å². The first kappa shape index (κ1) is 12.4. The molecule has 4 heteroatoms. The highest BCUT2D eigenvalue weighted by atomic mass is 35.5. The van der Waals surface area contributed by atoms with Crippen LogP contribution in [0, 0.1) is 0 Å². The Labute approximate surface area is 104 Å². The number of hydrogen-bond acceptors (Lipinski definition) is 0. The van der Waals surface area contributed by atoms with E-state index in [1.54, 1.807) is 0 Å². The Morgan fingerprint density at radius 1 is 0.929 bits per heavy atom. The maximum Gasteiger partial charge on any atom is 0.0720 e. The lowest BCUT2D eigenvalue weighted by Crippen LogP contribution is -1.96. The molecule has 0 N–H and O–H groups in total. The van der Waals surface area contributed by atoms with Crippen molar-refractivity contribution in [3.05, 3.63) is 35.4 Å². The molecule has 0 spiro atoms. The van der Waals surface area contributed by atoms with Crippen LogP contribution in [0.4, 0.5) is 0 Å². The topological polar surface area (TPSA) is 0 Å². The first-order chi connectivity index (χ1) is 6.69. The van der Waals surface area contributed by atoms with Gasteiger partial charge in [0.15, 0.2) is 0 Å². The van der Waals surface area contributed by atoms with Gasteiger partial charge in [0.05, 0.1) is 10.8 Å². The van der Waals surface area contributed by atoms with E-state index in [2.05, 4.69) is 0 Å². The zero-order valence-corrected chi connectivity index (χ0v) is 10.4. The van der Waals surface area contributed by atoms with E-state index in [4.69, 9.17) is 46.4 Å². The molecule has 0 fully saturated rings. The van der Waals surface area contributed by atoms with Crippen molar-refractivity contribution in [1.29, 1.82) is 0 Å². The Bertz CT molecular complexity index is 262. The molecule has 0 amide bonds. The summed E-state index contributed by atoms with van der Waals surface area (Å²) in [6.07, 6.45) is 0. The van der Waals surface area contributed by atoms with E-state index in [1.165, 1.54) is 0 Å². The zero-order chi connectivity index (χ0) is 10.6. The third-order valence-corrected chi connectivity index (χ3v) is 3.65. The molecule has 0 heterocycles. The van der Waals surface area contributed by atoms with Gasteiger partial charge in [-0.3, -0.25) is 0 Å². The van der Waals surface area contributed by atoms with Crippen LogP contribution in [0.2, 0.25) is 0 Å². The molecule has 1 aromatic carbocycles. The average molecular weight is 272 g/mol. The summed E-state index contributed by atoms with van der Waals surface area (Å²) in [4.78, 5) is 0. The molecule has 0 saturated carbocycles. The molecule has 1 aromatic rings. The smallest absolute Gasteiger partial charge is 0.0720 e. The van der Waals surface area contributed by atoms with Crippen LogP contribution in [0.3, 0.4) is 0 Å². The Balaban J connectivity index is 2.89. The minimum atomic E-state index is -0.171. The largest absolute Gasteiger partial charge is 0.125 e. The van der Waals surface area contributed by atoms with E-state index < -0.39 is 0 Å². The van der Waals surface area contributed by atoms with Gasteiger partial charge in [-0.1, -0.05) is 24.3 Å². The molecule has 78 valence electrons. The highest BCUT2D eigenvalue weighted by Crippen LogP contribution is 2.27. The van der Waals surface area contributed by atoms with Gasteiger partial charge in [0.1, 0.15) is 0 Å². The Morgan fingerprint density at radius 2 is 1.36 bits per heavy atom. The number of rotatable bonds is 4. The van der Waals surface area contributed by atoms with Crippen molar-refractivity contribution < 1.29 is 0 Å². The van der Waals surface area contributed by atoms with Crippen molar-refractivity contribution in [2.24, 2.45) is 0 Å². The predicted molar refractivity (Wildman–Crippen MR) is 65.1 cm³/mol. The van der Waals surface area contributed by atoms with E-state index in [0.717, 1.165) is 11.1 Å². The van der Waals surface area contributed by atoms with Gasteiger partial charge in [-0.2, -0.15) is 0 Å². The van der Waals surface area contributed by atoms with Gasteiger partial charge in [0.2, 0.25) is 0 Å². The lowest BCUT2D eigenvalue weighted by molar-refractivity contribution is 1.04. The summed E-state index contributed by atoms with van der Waals surface area (Å²) < 4.78 is 0. The molecule has 0 aliphatic heterocycles. The first-order valence-electron chi connectivity index (χ1n) is 4.19. The van der Waals surface area contributed by atoms with Crippen LogP contribution in [0.1, 0.15) is 21.9 Å². The molecule has 0 radical (unpaired) electrons. The molecule has 2 atom stereocenters. The normalized spacial score (nSPS) is 15.1. The SMILES string of the molecule is ClCC(Cl)c1cccc(C(Cl)CCl)c1. The van der Waals surface area contributed by atoms with E-state index >= 15 is 0 Å². The second-order valence-electron chi connectivity index (χ2n) is 2.91. The maximum atomic E-state index is 6.00. The predicted octanol–water partition coefficient (Wildman–Crippen LogP) is 4.72. The molecule has 0 aliphatic carbocycles. The third-order valence-electron chi connectivity index (χ3n) is 1.91. The fourth-order valence-electron chi connectivity index (χ4n) is 1.13. The second-order valence-corrected chi connectivity index (χ2v) is 4.58. The van der Waals surface area contributed by atoms with Crippen molar-refractivity contribution in [3.8, 4) is 0 Å². The highest BCUT2D eigenvalue weighted by Gasteiger charge is 2.10. The van der Waals surface area contributed by atoms with Crippen LogP contribution in [0.5, 0.6) is 0 Å². The molecule has 0 nitrogen and oxygen atoms in total. The van der Waals surface area contributed by atoms with Gasteiger partial charge < -0.3 is 0 Å². The number of alkyl halides is 4. The molecule has 0 aliphatic rings. The second kappa shape index (κ2) is 6.07. The lowest BCUT2D eigenvalue weighted by atomic mass is 10.1. The molecule has 0 bridgehead atoms. The maximum absolute atomic E-state index is 6.00. The van der Waals surface area contributed by atoms with Gasteiger partial charge >= 0.3 is 0 Å². The number of hydrogen-bond donors (Lipinski definition) is 0. The van der Waals surface area contributed by atoms with Crippen LogP contribution in [-0.4, -0.2) is 11.8 Å². The molecular formula is C10H10Cl4. The fourth-order valence-corrected chi connectivity index (χ4v) is 1.75. The lowest BCUT2D eigenvalue weighted by Gasteiger charge is -2.10. The van der Waals surface area contributed by atoms with E-state index in [9.17, 15) is 0 Å². The van der Waals surface area contributed by atoms with E-state index in [-0.39, 0.29) is 10.8 Å². The van der Waals surface area contributed by atoms with E-state index in [1.807, 2.05) is 24.3 Å². The quantitative estimate of drug-likeness (QED) is 0.695. The summed E-state index contributed by atoms with van der Waals surface area (Å²) in [6, 6.07) is 7.72. The van der Waals surface area contributed by atoms with Gasteiger partial charge in [-0.25, -0.2) is 0 Å². The van der Waals surface area contributed by atoms with Crippen LogP contribution < -0.4 is 0 Å². The summed E-state index contributed by atoms with van der Waals surface area (Å²) in [5, 5.41) is -0.341. The standard InChI is InChI=1S/C10H10Cl4/c11-5-9(13)7-2-1-3-8(4-7)10(14)6-12/h1-4,9-10H,5-6H2. The monoisotopic (exact) mass is 270 g/mol. The summed E-state index contributed by atoms with van der Waals surface area (Å²) >= 11 is 23.3. The Morgan fingerprint density at radius 3 is 1.71 bits per heavy atom. The number of halogens is 4. The van der Waals surface area contributed by atoms with Crippen LogP contribution >= 0.6 is 46.4 Å². The third kappa shape index (κ3) is 3.20. The molecule has 2 unspecified atom stereocenters. The van der Waals surface area contributed by atoms with Crippen molar-refractivity contribution in [1.82, 2.24) is 0 Å². The van der Waals surface area contributed by atoms with Gasteiger partial charge in [0.25, 0.3) is 0 Å². The van der Waals surface area contributed by atoms with Gasteiger partial charge in [0, 0.05) is 11.8 Å². The first-order valence-corrected chi connectivity index (χ1v) is 6.13.